The second kappa shape index (κ2) is 5.56. The van der Waals surface area contributed by atoms with Crippen LogP contribution in [0.3, 0.4) is 0 Å². The third-order valence-corrected chi connectivity index (χ3v) is 4.18. The zero-order valence-corrected chi connectivity index (χ0v) is 11.9. The second-order valence-corrected chi connectivity index (χ2v) is 5.60. The van der Waals surface area contributed by atoms with E-state index in [9.17, 15) is 0 Å². The van der Waals surface area contributed by atoms with Crippen molar-refractivity contribution in [3.05, 3.63) is 53.2 Å². The summed E-state index contributed by atoms with van der Waals surface area (Å²) in [5.74, 6) is 0.584. The van der Waals surface area contributed by atoms with Crippen LogP contribution in [0.15, 0.2) is 42.6 Å². The topological polar surface area (TPSA) is 61.0 Å². The molecule has 0 amide bonds. The van der Waals surface area contributed by atoms with Crippen LogP contribution < -0.4 is 10.5 Å². The Hall–Kier alpha value is -1.98. The van der Waals surface area contributed by atoms with Crippen molar-refractivity contribution < 1.29 is 4.74 Å². The van der Waals surface area contributed by atoms with Crippen molar-refractivity contribution in [2.45, 2.75) is 12.5 Å². The first-order chi connectivity index (χ1) is 9.78. The summed E-state index contributed by atoms with van der Waals surface area (Å²) in [6.45, 7) is 0. The van der Waals surface area contributed by atoms with Crippen LogP contribution in [0.25, 0.3) is 10.2 Å². The fourth-order valence-electron chi connectivity index (χ4n) is 2.16. The third-order valence-electron chi connectivity index (χ3n) is 3.13. The quantitative estimate of drug-likeness (QED) is 0.800. The van der Waals surface area contributed by atoms with Gasteiger partial charge >= 0.3 is 0 Å². The number of nitrogens with two attached hydrogens (primary N) is 1. The van der Waals surface area contributed by atoms with Crippen molar-refractivity contribution in [2.24, 2.45) is 5.73 Å². The number of pyridine rings is 1. The van der Waals surface area contributed by atoms with E-state index in [1.807, 2.05) is 30.3 Å². The lowest BCUT2D eigenvalue weighted by atomic mass is 10.1. The molecule has 20 heavy (non-hydrogen) atoms. The van der Waals surface area contributed by atoms with Crippen LogP contribution in [0, 0.1) is 0 Å². The van der Waals surface area contributed by atoms with Gasteiger partial charge in [-0.1, -0.05) is 18.2 Å². The van der Waals surface area contributed by atoms with Crippen LogP contribution >= 0.6 is 11.3 Å². The molecule has 0 saturated heterocycles. The molecule has 0 fully saturated rings. The Labute approximate surface area is 121 Å². The lowest BCUT2D eigenvalue weighted by molar-refractivity contribution is 0.388. The molecule has 3 rings (SSSR count). The van der Waals surface area contributed by atoms with Crippen LogP contribution in [0.2, 0.25) is 0 Å². The molecule has 0 aliphatic heterocycles. The maximum Gasteiger partial charge on any atom is 0.217 e. The first kappa shape index (κ1) is 13.0. The van der Waals surface area contributed by atoms with E-state index in [1.165, 1.54) is 4.70 Å². The summed E-state index contributed by atoms with van der Waals surface area (Å²) >= 11 is 1.68. The van der Waals surface area contributed by atoms with Gasteiger partial charge in [0.05, 0.1) is 22.3 Å². The summed E-state index contributed by atoms with van der Waals surface area (Å²) in [6, 6.07) is 11.8. The Morgan fingerprint density at radius 2 is 2.10 bits per heavy atom. The zero-order chi connectivity index (χ0) is 13.9. The number of aromatic nitrogens is 2. The minimum absolute atomic E-state index is 0.167. The fourth-order valence-corrected chi connectivity index (χ4v) is 3.19. The predicted octanol–water partition coefficient (Wildman–Crippen LogP) is 2.94. The van der Waals surface area contributed by atoms with E-state index >= 15 is 0 Å². The summed E-state index contributed by atoms with van der Waals surface area (Å²) < 4.78 is 6.44. The molecular formula is C15H15N3OS. The van der Waals surface area contributed by atoms with Gasteiger partial charge in [0.25, 0.3) is 0 Å². The highest BCUT2D eigenvalue weighted by atomic mass is 32.1. The largest absolute Gasteiger partial charge is 0.481 e. The highest BCUT2D eigenvalue weighted by molar-refractivity contribution is 7.18. The van der Waals surface area contributed by atoms with Gasteiger partial charge in [0.15, 0.2) is 0 Å². The number of methoxy groups -OCH3 is 1. The summed E-state index contributed by atoms with van der Waals surface area (Å²) in [5.41, 5.74) is 8.21. The fraction of sp³-hybridized carbons (Fsp3) is 0.200. The molecule has 0 spiro atoms. The first-order valence-corrected chi connectivity index (χ1v) is 7.18. The SMILES string of the molecule is COc1ncccc1C(N)Cc1nc2ccccc2s1. The van der Waals surface area contributed by atoms with E-state index in [0.717, 1.165) is 16.1 Å². The Balaban J connectivity index is 1.86. The molecule has 0 saturated carbocycles. The Morgan fingerprint density at radius 1 is 1.25 bits per heavy atom. The number of hydrogen-bond acceptors (Lipinski definition) is 5. The van der Waals surface area contributed by atoms with E-state index in [-0.39, 0.29) is 6.04 Å². The normalized spacial score (nSPS) is 12.5. The van der Waals surface area contributed by atoms with Gasteiger partial charge in [-0.05, 0) is 18.2 Å². The lowest BCUT2D eigenvalue weighted by Gasteiger charge is -2.13. The molecule has 0 aliphatic carbocycles. The molecule has 1 atom stereocenters. The monoisotopic (exact) mass is 285 g/mol. The van der Waals surface area contributed by atoms with E-state index in [2.05, 4.69) is 16.0 Å². The predicted molar refractivity (Wildman–Crippen MR) is 81.0 cm³/mol. The molecule has 0 radical (unpaired) electrons. The number of rotatable bonds is 4. The van der Waals surface area contributed by atoms with Crippen LogP contribution in [0.4, 0.5) is 0 Å². The molecule has 5 heteroatoms. The number of ether oxygens (including phenoxy) is 1. The Kier molecular flexibility index (Phi) is 3.62. The summed E-state index contributed by atoms with van der Waals surface area (Å²) in [5, 5.41) is 1.03. The lowest BCUT2D eigenvalue weighted by Crippen LogP contribution is -2.14. The van der Waals surface area contributed by atoms with Gasteiger partial charge in [-0.3, -0.25) is 0 Å². The number of benzene rings is 1. The smallest absolute Gasteiger partial charge is 0.217 e. The van der Waals surface area contributed by atoms with Crippen LogP contribution in [0.5, 0.6) is 5.88 Å². The van der Waals surface area contributed by atoms with Crippen molar-refractivity contribution in [1.82, 2.24) is 9.97 Å². The van der Waals surface area contributed by atoms with Gasteiger partial charge in [0, 0.05) is 24.2 Å². The van der Waals surface area contributed by atoms with Gasteiger partial charge in [0.1, 0.15) is 0 Å². The number of thiazole rings is 1. The molecule has 102 valence electrons. The van der Waals surface area contributed by atoms with Crippen molar-refractivity contribution in [3.63, 3.8) is 0 Å². The van der Waals surface area contributed by atoms with Crippen LogP contribution in [-0.2, 0) is 6.42 Å². The van der Waals surface area contributed by atoms with Crippen LogP contribution in [0.1, 0.15) is 16.6 Å². The molecule has 0 aliphatic rings. The average Bonchev–Trinajstić information content (AvgIpc) is 2.89. The van der Waals surface area contributed by atoms with Crippen molar-refractivity contribution >= 4 is 21.6 Å². The standard InChI is InChI=1S/C15H15N3OS/c1-19-15-10(5-4-8-17-15)11(16)9-14-18-12-6-2-3-7-13(12)20-14/h2-8,11H,9,16H2,1H3. The summed E-state index contributed by atoms with van der Waals surface area (Å²) in [4.78, 5) is 8.79. The molecular weight excluding hydrogens is 270 g/mol. The van der Waals surface area contributed by atoms with E-state index < -0.39 is 0 Å². The molecule has 1 unspecified atom stereocenters. The highest BCUT2D eigenvalue weighted by Crippen LogP contribution is 2.27. The minimum atomic E-state index is -0.167. The van der Waals surface area contributed by atoms with E-state index in [0.29, 0.717) is 12.3 Å². The van der Waals surface area contributed by atoms with Crippen LogP contribution in [-0.4, -0.2) is 17.1 Å². The zero-order valence-electron chi connectivity index (χ0n) is 11.1. The maximum atomic E-state index is 6.27. The average molecular weight is 285 g/mol. The summed E-state index contributed by atoms with van der Waals surface area (Å²) in [6.07, 6.45) is 2.38. The van der Waals surface area contributed by atoms with Crippen molar-refractivity contribution in [1.29, 1.82) is 0 Å². The second-order valence-electron chi connectivity index (χ2n) is 4.49. The Morgan fingerprint density at radius 3 is 2.90 bits per heavy atom. The van der Waals surface area contributed by atoms with Crippen molar-refractivity contribution in [2.75, 3.05) is 7.11 Å². The molecule has 1 aromatic carbocycles. The van der Waals surface area contributed by atoms with Gasteiger partial charge in [-0.25, -0.2) is 9.97 Å². The van der Waals surface area contributed by atoms with Gasteiger partial charge < -0.3 is 10.5 Å². The van der Waals surface area contributed by atoms with E-state index in [4.69, 9.17) is 10.5 Å². The first-order valence-electron chi connectivity index (χ1n) is 6.37. The number of para-hydroxylation sites is 1. The molecule has 3 aromatic rings. The minimum Gasteiger partial charge on any atom is -0.481 e. The molecule has 2 heterocycles. The maximum absolute atomic E-state index is 6.27. The number of hydrogen-bond donors (Lipinski definition) is 1. The molecule has 2 N–H and O–H groups in total. The number of nitrogens with zero attached hydrogens (tertiary/aromatic N) is 2. The molecule has 0 bridgehead atoms. The van der Waals surface area contributed by atoms with Crippen molar-refractivity contribution in [3.8, 4) is 5.88 Å². The molecule has 4 nitrogen and oxygen atoms in total. The van der Waals surface area contributed by atoms with Gasteiger partial charge in [-0.2, -0.15) is 0 Å². The molecule has 2 aromatic heterocycles. The number of fused-ring (bicyclic) bond motifs is 1. The van der Waals surface area contributed by atoms with Gasteiger partial charge in [-0.15, -0.1) is 11.3 Å². The van der Waals surface area contributed by atoms with E-state index in [1.54, 1.807) is 24.6 Å². The Bertz CT molecular complexity index is 693. The third kappa shape index (κ3) is 2.50. The summed E-state index contributed by atoms with van der Waals surface area (Å²) in [7, 11) is 1.61. The van der Waals surface area contributed by atoms with Gasteiger partial charge in [0.2, 0.25) is 5.88 Å². The highest BCUT2D eigenvalue weighted by Gasteiger charge is 2.15.